The van der Waals surface area contributed by atoms with Gasteiger partial charge in [0.2, 0.25) is 5.91 Å². The number of aromatic nitrogens is 3. The number of amides is 1. The van der Waals surface area contributed by atoms with E-state index in [1.54, 1.807) is 0 Å². The van der Waals surface area contributed by atoms with Gasteiger partial charge in [-0.15, -0.1) is 10.2 Å². The van der Waals surface area contributed by atoms with Crippen molar-refractivity contribution in [1.82, 2.24) is 20.2 Å². The summed E-state index contributed by atoms with van der Waals surface area (Å²) in [5.74, 6) is 7.90. The maximum atomic E-state index is 11.0. The zero-order valence-corrected chi connectivity index (χ0v) is 13.1. The molecule has 0 bridgehead atoms. The van der Waals surface area contributed by atoms with E-state index in [0.717, 1.165) is 30.2 Å². The van der Waals surface area contributed by atoms with Crippen LogP contribution in [0.3, 0.4) is 0 Å². The van der Waals surface area contributed by atoms with E-state index in [1.807, 2.05) is 11.8 Å². The first-order valence-electron chi connectivity index (χ1n) is 7.86. The average molecular weight is 309 g/mol. The number of rotatable bonds is 9. The molecule has 0 aliphatic heterocycles. The van der Waals surface area contributed by atoms with Gasteiger partial charge in [0, 0.05) is 24.1 Å². The van der Waals surface area contributed by atoms with Crippen molar-refractivity contribution >= 4 is 17.7 Å². The standard InChI is InChI=1S/C14H23N5OS/c15-16-12(20)4-2-1-3-9-21-14-18-17-13(10-5-6-10)19(14)11-7-8-11/h10-11H,1-9,15H2,(H,16,20). The molecule has 116 valence electrons. The first kappa shape index (κ1) is 14.8. The highest BCUT2D eigenvalue weighted by atomic mass is 32.2. The third-order valence-electron chi connectivity index (χ3n) is 3.99. The van der Waals surface area contributed by atoms with Crippen molar-refractivity contribution in [1.29, 1.82) is 0 Å². The molecule has 0 radical (unpaired) electrons. The van der Waals surface area contributed by atoms with E-state index >= 15 is 0 Å². The lowest BCUT2D eigenvalue weighted by atomic mass is 10.2. The molecule has 1 amide bonds. The number of carbonyl (C=O) groups is 1. The zero-order chi connectivity index (χ0) is 14.7. The van der Waals surface area contributed by atoms with Crippen molar-refractivity contribution in [2.24, 2.45) is 5.84 Å². The van der Waals surface area contributed by atoms with Crippen molar-refractivity contribution in [3.63, 3.8) is 0 Å². The molecule has 2 aliphatic carbocycles. The summed E-state index contributed by atoms with van der Waals surface area (Å²) in [4.78, 5) is 11.0. The highest BCUT2D eigenvalue weighted by Gasteiger charge is 2.36. The molecule has 0 atom stereocenters. The van der Waals surface area contributed by atoms with Gasteiger partial charge in [-0.25, -0.2) is 5.84 Å². The Labute approximate surface area is 129 Å². The molecule has 1 heterocycles. The van der Waals surface area contributed by atoms with Gasteiger partial charge in [-0.1, -0.05) is 18.2 Å². The van der Waals surface area contributed by atoms with Crippen molar-refractivity contribution < 1.29 is 4.79 Å². The molecular weight excluding hydrogens is 286 g/mol. The molecule has 6 nitrogen and oxygen atoms in total. The van der Waals surface area contributed by atoms with Crippen LogP contribution < -0.4 is 11.3 Å². The first-order chi connectivity index (χ1) is 10.3. The number of hydrazine groups is 1. The van der Waals surface area contributed by atoms with E-state index in [1.165, 1.54) is 31.5 Å². The van der Waals surface area contributed by atoms with Crippen LogP contribution in [0.5, 0.6) is 0 Å². The lowest BCUT2D eigenvalue weighted by molar-refractivity contribution is -0.121. The summed E-state index contributed by atoms with van der Waals surface area (Å²) in [7, 11) is 0. The lowest BCUT2D eigenvalue weighted by Gasteiger charge is -2.07. The van der Waals surface area contributed by atoms with Gasteiger partial charge in [-0.2, -0.15) is 0 Å². The van der Waals surface area contributed by atoms with Crippen molar-refractivity contribution in [2.75, 3.05) is 5.75 Å². The highest BCUT2D eigenvalue weighted by Crippen LogP contribution is 2.46. The van der Waals surface area contributed by atoms with Crippen LogP contribution in [0.15, 0.2) is 5.16 Å². The maximum Gasteiger partial charge on any atom is 0.233 e. The summed E-state index contributed by atoms with van der Waals surface area (Å²) in [5, 5.41) is 9.90. The lowest BCUT2D eigenvalue weighted by Crippen LogP contribution is -2.29. The van der Waals surface area contributed by atoms with Crippen LogP contribution in [0, 0.1) is 0 Å². The molecule has 7 heteroatoms. The van der Waals surface area contributed by atoms with Gasteiger partial charge in [-0.05, 0) is 38.5 Å². The summed E-state index contributed by atoms with van der Waals surface area (Å²) in [6, 6.07) is 0.659. The van der Waals surface area contributed by atoms with Gasteiger partial charge in [0.1, 0.15) is 5.82 Å². The third-order valence-corrected chi connectivity index (χ3v) is 5.02. The molecule has 1 aromatic rings. The Morgan fingerprint density at radius 1 is 1.24 bits per heavy atom. The number of thioether (sulfide) groups is 1. The van der Waals surface area contributed by atoms with Crippen LogP contribution in [-0.2, 0) is 4.79 Å². The smallest absolute Gasteiger partial charge is 0.233 e. The summed E-state index contributed by atoms with van der Waals surface area (Å²) < 4.78 is 2.39. The predicted molar refractivity (Wildman–Crippen MR) is 81.8 cm³/mol. The van der Waals surface area contributed by atoms with Crippen molar-refractivity contribution in [2.45, 2.75) is 68.5 Å². The van der Waals surface area contributed by atoms with Crippen LogP contribution in [0.25, 0.3) is 0 Å². The summed E-state index contributed by atoms with van der Waals surface area (Å²) >= 11 is 1.81. The number of unbranched alkanes of at least 4 members (excludes halogenated alkanes) is 2. The van der Waals surface area contributed by atoms with Gasteiger partial charge >= 0.3 is 0 Å². The minimum absolute atomic E-state index is 0.0785. The highest BCUT2D eigenvalue weighted by molar-refractivity contribution is 7.99. The van der Waals surface area contributed by atoms with Gasteiger partial charge < -0.3 is 4.57 Å². The topological polar surface area (TPSA) is 85.8 Å². The number of nitrogens with one attached hydrogen (secondary N) is 1. The Hall–Kier alpha value is -1.08. The number of hydrogen-bond acceptors (Lipinski definition) is 5. The Kier molecular flexibility index (Phi) is 4.80. The Morgan fingerprint density at radius 3 is 2.71 bits per heavy atom. The maximum absolute atomic E-state index is 11.0. The SMILES string of the molecule is NNC(=O)CCCCCSc1nnc(C2CC2)n1C1CC1. The summed E-state index contributed by atoms with van der Waals surface area (Å²) in [6.45, 7) is 0. The van der Waals surface area contributed by atoms with E-state index in [9.17, 15) is 4.79 Å². The summed E-state index contributed by atoms with van der Waals surface area (Å²) in [6.07, 6.45) is 8.67. The fraction of sp³-hybridized carbons (Fsp3) is 0.786. The van der Waals surface area contributed by atoms with Gasteiger partial charge in [-0.3, -0.25) is 10.2 Å². The molecule has 2 aliphatic rings. The monoisotopic (exact) mass is 309 g/mol. The van der Waals surface area contributed by atoms with E-state index in [4.69, 9.17) is 5.84 Å². The first-order valence-corrected chi connectivity index (χ1v) is 8.85. The van der Waals surface area contributed by atoms with Crippen molar-refractivity contribution in [3.05, 3.63) is 5.82 Å². The van der Waals surface area contributed by atoms with Crippen LogP contribution in [0.4, 0.5) is 0 Å². The quantitative estimate of drug-likeness (QED) is 0.240. The Bertz CT molecular complexity index is 496. The minimum atomic E-state index is -0.0785. The molecule has 0 saturated heterocycles. The molecule has 0 aromatic carbocycles. The number of nitrogens with zero attached hydrogens (tertiary/aromatic N) is 3. The van der Waals surface area contributed by atoms with Crippen LogP contribution in [0.1, 0.15) is 69.2 Å². The third kappa shape index (κ3) is 3.97. The largest absolute Gasteiger partial charge is 0.303 e. The van der Waals surface area contributed by atoms with Crippen LogP contribution >= 0.6 is 11.8 Å². The number of carbonyl (C=O) groups excluding carboxylic acids is 1. The van der Waals surface area contributed by atoms with Gasteiger partial charge in [0.05, 0.1) is 0 Å². The molecular formula is C14H23N5OS. The molecule has 1 aromatic heterocycles. The van der Waals surface area contributed by atoms with Gasteiger partial charge in [0.25, 0.3) is 0 Å². The van der Waals surface area contributed by atoms with E-state index < -0.39 is 0 Å². The average Bonchev–Trinajstić information content (AvgIpc) is 3.41. The predicted octanol–water partition coefficient (Wildman–Crippen LogP) is 2.13. The molecule has 2 saturated carbocycles. The van der Waals surface area contributed by atoms with Gasteiger partial charge in [0.15, 0.2) is 5.16 Å². The summed E-state index contributed by atoms with van der Waals surface area (Å²) in [5.41, 5.74) is 2.16. The van der Waals surface area contributed by atoms with Crippen molar-refractivity contribution in [3.8, 4) is 0 Å². The fourth-order valence-electron chi connectivity index (χ4n) is 2.48. The molecule has 0 unspecified atom stereocenters. The zero-order valence-electron chi connectivity index (χ0n) is 12.3. The second-order valence-corrected chi connectivity index (χ2v) is 7.00. The number of nitrogens with two attached hydrogens (primary N) is 1. The fourth-order valence-corrected chi connectivity index (χ4v) is 3.49. The van der Waals surface area contributed by atoms with Crippen LogP contribution in [0.2, 0.25) is 0 Å². The molecule has 21 heavy (non-hydrogen) atoms. The number of hydrogen-bond donors (Lipinski definition) is 2. The molecule has 0 spiro atoms. The Balaban J connectivity index is 1.42. The minimum Gasteiger partial charge on any atom is -0.303 e. The molecule has 3 rings (SSSR count). The molecule has 3 N–H and O–H groups in total. The second-order valence-electron chi connectivity index (χ2n) is 5.94. The van der Waals surface area contributed by atoms with E-state index in [2.05, 4.69) is 20.2 Å². The second kappa shape index (κ2) is 6.79. The van der Waals surface area contributed by atoms with E-state index in [0.29, 0.717) is 18.4 Å². The van der Waals surface area contributed by atoms with E-state index in [-0.39, 0.29) is 5.91 Å². The Morgan fingerprint density at radius 2 is 2.05 bits per heavy atom. The van der Waals surface area contributed by atoms with Crippen LogP contribution in [-0.4, -0.2) is 26.4 Å². The molecule has 2 fully saturated rings. The normalized spacial score (nSPS) is 18.0.